The molecule has 0 saturated heterocycles. The summed E-state index contributed by atoms with van der Waals surface area (Å²) in [6.45, 7) is 0. The van der Waals surface area contributed by atoms with Crippen molar-refractivity contribution in [2.45, 2.75) is 0 Å². The molecule has 2 aliphatic rings. The smallest absolute Gasteiger partial charge is 0.178 e. The summed E-state index contributed by atoms with van der Waals surface area (Å²) in [5.74, 6) is 0.0318. The van der Waals surface area contributed by atoms with Crippen molar-refractivity contribution in [3.05, 3.63) is 60.1 Å². The van der Waals surface area contributed by atoms with Crippen molar-refractivity contribution in [3.8, 4) is 0 Å². The van der Waals surface area contributed by atoms with Crippen LogP contribution in [-0.4, -0.2) is 5.78 Å². The number of ketones is 1. The molecule has 1 aliphatic carbocycles. The van der Waals surface area contributed by atoms with Gasteiger partial charge in [-0.25, -0.2) is 0 Å². The Labute approximate surface area is 76.2 Å². The average Bonchev–Trinajstić information content (AvgIpc) is 2.20. The minimum atomic E-state index is 0.0318. The Morgan fingerprint density at radius 1 is 0.769 bits per heavy atom. The molecule has 1 heterocycles. The third-order valence-corrected chi connectivity index (χ3v) is 1.84. The molecule has 0 spiro atoms. The molecule has 13 heavy (non-hydrogen) atoms. The lowest BCUT2D eigenvalue weighted by Gasteiger charge is -2.06. The zero-order valence-corrected chi connectivity index (χ0v) is 6.94. The van der Waals surface area contributed by atoms with E-state index in [0.717, 1.165) is 11.1 Å². The van der Waals surface area contributed by atoms with E-state index in [9.17, 15) is 4.79 Å². The fraction of sp³-hybridized carbons (Fsp3) is 0. The van der Waals surface area contributed by atoms with Gasteiger partial charge < -0.3 is 4.74 Å². The Morgan fingerprint density at radius 3 is 1.92 bits per heavy atom. The molecular formula is C11H8O2. The lowest BCUT2D eigenvalue weighted by Crippen LogP contribution is -1.94. The molecule has 2 heteroatoms. The second kappa shape index (κ2) is 3.27. The van der Waals surface area contributed by atoms with Gasteiger partial charge in [-0.1, -0.05) is 12.2 Å². The number of ether oxygens (including phenoxy) is 1. The minimum Gasteiger partial charge on any atom is -0.473 e. The van der Waals surface area contributed by atoms with Crippen molar-refractivity contribution in [1.82, 2.24) is 0 Å². The molecule has 0 unspecified atom stereocenters. The third kappa shape index (κ3) is 1.67. The number of carbonyl (C=O) groups is 1. The van der Waals surface area contributed by atoms with Crippen molar-refractivity contribution in [2.24, 2.45) is 0 Å². The maximum Gasteiger partial charge on any atom is 0.178 e. The Bertz CT molecular complexity index is 347. The SMILES string of the molecule is O=C1C=CC(=C2C=COC=C2)C=C1. The molecule has 0 amide bonds. The number of hydrogen-bond acceptors (Lipinski definition) is 2. The van der Waals surface area contributed by atoms with Gasteiger partial charge in [-0.05, 0) is 35.5 Å². The summed E-state index contributed by atoms with van der Waals surface area (Å²) in [7, 11) is 0. The first kappa shape index (κ1) is 7.80. The lowest BCUT2D eigenvalue weighted by molar-refractivity contribution is -0.110. The largest absolute Gasteiger partial charge is 0.473 e. The van der Waals surface area contributed by atoms with Crippen LogP contribution in [0.25, 0.3) is 0 Å². The van der Waals surface area contributed by atoms with Gasteiger partial charge in [0.2, 0.25) is 0 Å². The fourth-order valence-corrected chi connectivity index (χ4v) is 1.17. The highest BCUT2D eigenvalue weighted by atomic mass is 16.5. The summed E-state index contributed by atoms with van der Waals surface area (Å²) in [6.07, 6.45) is 13.7. The van der Waals surface area contributed by atoms with E-state index in [-0.39, 0.29) is 5.78 Å². The van der Waals surface area contributed by atoms with Crippen LogP contribution >= 0.6 is 0 Å². The molecule has 2 rings (SSSR count). The van der Waals surface area contributed by atoms with E-state index in [4.69, 9.17) is 4.74 Å². The number of hydrogen-bond donors (Lipinski definition) is 0. The fourth-order valence-electron chi connectivity index (χ4n) is 1.17. The van der Waals surface area contributed by atoms with Gasteiger partial charge in [-0.3, -0.25) is 4.79 Å². The molecule has 0 atom stereocenters. The van der Waals surface area contributed by atoms with E-state index >= 15 is 0 Å². The lowest BCUT2D eigenvalue weighted by atomic mass is 10.0. The first-order chi connectivity index (χ1) is 6.36. The highest BCUT2D eigenvalue weighted by Gasteiger charge is 2.03. The van der Waals surface area contributed by atoms with Gasteiger partial charge in [0.1, 0.15) is 0 Å². The molecule has 0 radical (unpaired) electrons. The van der Waals surface area contributed by atoms with Crippen LogP contribution in [0.5, 0.6) is 0 Å². The number of rotatable bonds is 0. The van der Waals surface area contributed by atoms with Crippen molar-refractivity contribution in [2.75, 3.05) is 0 Å². The first-order valence-electron chi connectivity index (χ1n) is 3.99. The maximum absolute atomic E-state index is 10.8. The highest BCUT2D eigenvalue weighted by molar-refractivity contribution is 6.01. The summed E-state index contributed by atoms with van der Waals surface area (Å²) in [4.78, 5) is 10.8. The van der Waals surface area contributed by atoms with Gasteiger partial charge in [0, 0.05) is 0 Å². The Morgan fingerprint density at radius 2 is 1.31 bits per heavy atom. The van der Waals surface area contributed by atoms with Crippen molar-refractivity contribution >= 4 is 5.78 Å². The van der Waals surface area contributed by atoms with Gasteiger partial charge in [-0.2, -0.15) is 0 Å². The zero-order valence-electron chi connectivity index (χ0n) is 6.94. The van der Waals surface area contributed by atoms with Crippen LogP contribution in [-0.2, 0) is 9.53 Å². The monoisotopic (exact) mass is 172 g/mol. The van der Waals surface area contributed by atoms with Gasteiger partial charge in [0.25, 0.3) is 0 Å². The van der Waals surface area contributed by atoms with E-state index in [0.29, 0.717) is 0 Å². The maximum atomic E-state index is 10.8. The van der Waals surface area contributed by atoms with Gasteiger partial charge in [-0.15, -0.1) is 0 Å². The van der Waals surface area contributed by atoms with Crippen molar-refractivity contribution in [1.29, 1.82) is 0 Å². The predicted molar refractivity (Wildman–Crippen MR) is 49.7 cm³/mol. The van der Waals surface area contributed by atoms with Crippen LogP contribution in [0.15, 0.2) is 60.1 Å². The van der Waals surface area contributed by atoms with E-state index in [1.807, 2.05) is 12.2 Å². The summed E-state index contributed by atoms with van der Waals surface area (Å²) >= 11 is 0. The summed E-state index contributed by atoms with van der Waals surface area (Å²) in [6, 6.07) is 0. The molecule has 0 aromatic heterocycles. The number of allylic oxidation sites excluding steroid dienone is 8. The number of carbonyl (C=O) groups excluding carboxylic acids is 1. The average molecular weight is 172 g/mol. The zero-order chi connectivity index (χ0) is 9.10. The van der Waals surface area contributed by atoms with Crippen LogP contribution in [0.2, 0.25) is 0 Å². The van der Waals surface area contributed by atoms with Crippen LogP contribution in [0.1, 0.15) is 0 Å². The van der Waals surface area contributed by atoms with Crippen LogP contribution in [0.3, 0.4) is 0 Å². The second-order valence-corrected chi connectivity index (χ2v) is 2.72. The quantitative estimate of drug-likeness (QED) is 0.559. The van der Waals surface area contributed by atoms with Crippen LogP contribution in [0.4, 0.5) is 0 Å². The van der Waals surface area contributed by atoms with Crippen molar-refractivity contribution < 1.29 is 9.53 Å². The Hall–Kier alpha value is -1.83. The molecule has 1 aliphatic heterocycles. The summed E-state index contributed by atoms with van der Waals surface area (Å²) in [5, 5.41) is 0. The summed E-state index contributed by atoms with van der Waals surface area (Å²) < 4.78 is 4.90. The van der Waals surface area contributed by atoms with Gasteiger partial charge >= 0.3 is 0 Å². The minimum absolute atomic E-state index is 0.0318. The van der Waals surface area contributed by atoms with Crippen LogP contribution < -0.4 is 0 Å². The van der Waals surface area contributed by atoms with Gasteiger partial charge in [0.15, 0.2) is 5.78 Å². The second-order valence-electron chi connectivity index (χ2n) is 2.72. The molecule has 64 valence electrons. The standard InChI is InChI=1S/C11H8O2/c12-11-3-1-9(2-4-11)10-5-7-13-8-6-10/h1-8H. The molecule has 0 saturated carbocycles. The Balaban J connectivity index is 2.34. The van der Waals surface area contributed by atoms with E-state index in [2.05, 4.69) is 0 Å². The summed E-state index contributed by atoms with van der Waals surface area (Å²) in [5.41, 5.74) is 2.07. The molecular weight excluding hydrogens is 164 g/mol. The molecule has 0 bridgehead atoms. The van der Waals surface area contributed by atoms with Gasteiger partial charge in [0.05, 0.1) is 12.5 Å². The molecule has 0 aromatic carbocycles. The van der Waals surface area contributed by atoms with Crippen LogP contribution in [0, 0.1) is 0 Å². The predicted octanol–water partition coefficient (Wildman–Crippen LogP) is 2.04. The Kier molecular flexibility index (Phi) is 1.96. The topological polar surface area (TPSA) is 26.3 Å². The van der Waals surface area contributed by atoms with E-state index in [1.54, 1.807) is 36.8 Å². The third-order valence-electron chi connectivity index (χ3n) is 1.84. The first-order valence-corrected chi connectivity index (χ1v) is 3.99. The normalized spacial score (nSPS) is 19.5. The van der Waals surface area contributed by atoms with Crippen molar-refractivity contribution in [3.63, 3.8) is 0 Å². The molecule has 0 N–H and O–H groups in total. The van der Waals surface area contributed by atoms with E-state index < -0.39 is 0 Å². The van der Waals surface area contributed by atoms with E-state index in [1.165, 1.54) is 0 Å². The molecule has 0 fully saturated rings. The highest BCUT2D eigenvalue weighted by Crippen LogP contribution is 2.16. The molecule has 0 aromatic rings. The molecule has 2 nitrogen and oxygen atoms in total.